The molecule has 21 heavy (non-hydrogen) atoms. The molecule has 4 aromatic rings. The van der Waals surface area contributed by atoms with Crippen LogP contribution in [0, 0.1) is 0 Å². The third-order valence-corrected chi connectivity index (χ3v) is 4.87. The molecule has 0 radical (unpaired) electrons. The van der Waals surface area contributed by atoms with Crippen molar-refractivity contribution in [2.45, 2.75) is 10.2 Å². The lowest BCUT2D eigenvalue weighted by molar-refractivity contribution is 0.934. The fourth-order valence-corrected chi connectivity index (χ4v) is 4.11. The van der Waals surface area contributed by atoms with Crippen LogP contribution < -0.4 is 5.73 Å². The van der Waals surface area contributed by atoms with Gasteiger partial charge in [0.15, 0.2) is 0 Å². The number of thiazole rings is 1. The summed E-state index contributed by atoms with van der Waals surface area (Å²) in [6.45, 7) is 0. The molecule has 0 bridgehead atoms. The molecule has 4 rings (SSSR count). The SMILES string of the molecule is Nc1nc(Cl)cc(Sc2nnc3sc4ccccc4n23)n1. The highest BCUT2D eigenvalue weighted by Crippen LogP contribution is 2.32. The fourth-order valence-electron chi connectivity index (χ4n) is 1.98. The topological polar surface area (TPSA) is 82.0 Å². The van der Waals surface area contributed by atoms with Gasteiger partial charge >= 0.3 is 0 Å². The number of rotatable bonds is 2. The molecular weight excluding hydrogens is 328 g/mol. The summed E-state index contributed by atoms with van der Waals surface area (Å²) in [6, 6.07) is 9.74. The lowest BCUT2D eigenvalue weighted by Gasteiger charge is -2.00. The Hall–Kier alpha value is -1.90. The number of nitrogens with zero attached hydrogens (tertiary/aromatic N) is 5. The lowest BCUT2D eigenvalue weighted by Crippen LogP contribution is -1.96. The van der Waals surface area contributed by atoms with E-state index in [4.69, 9.17) is 17.3 Å². The molecule has 0 atom stereocenters. The second-order valence-electron chi connectivity index (χ2n) is 4.16. The van der Waals surface area contributed by atoms with Crippen LogP contribution in [0.25, 0.3) is 15.2 Å². The van der Waals surface area contributed by atoms with Crippen LogP contribution in [0.3, 0.4) is 0 Å². The average molecular weight is 335 g/mol. The Kier molecular flexibility index (Phi) is 2.95. The van der Waals surface area contributed by atoms with E-state index in [-0.39, 0.29) is 5.95 Å². The van der Waals surface area contributed by atoms with Gasteiger partial charge in [-0.05, 0) is 23.9 Å². The highest BCUT2D eigenvalue weighted by Gasteiger charge is 2.14. The molecular formula is C12H7ClN6S2. The van der Waals surface area contributed by atoms with E-state index in [1.807, 2.05) is 22.6 Å². The Labute approximate surface area is 132 Å². The zero-order chi connectivity index (χ0) is 14.4. The molecule has 2 N–H and O–H groups in total. The van der Waals surface area contributed by atoms with Gasteiger partial charge in [-0.15, -0.1) is 10.2 Å². The largest absolute Gasteiger partial charge is 0.368 e. The first kappa shape index (κ1) is 12.8. The third-order valence-electron chi connectivity index (χ3n) is 2.80. The molecule has 0 amide bonds. The molecule has 6 nitrogen and oxygen atoms in total. The van der Waals surface area contributed by atoms with Crippen LogP contribution in [-0.4, -0.2) is 24.6 Å². The molecule has 1 aromatic carbocycles. The van der Waals surface area contributed by atoms with Crippen molar-refractivity contribution in [3.63, 3.8) is 0 Å². The summed E-state index contributed by atoms with van der Waals surface area (Å²) in [5, 5.41) is 10.1. The second kappa shape index (κ2) is 4.83. The van der Waals surface area contributed by atoms with Crippen molar-refractivity contribution in [1.82, 2.24) is 24.6 Å². The van der Waals surface area contributed by atoms with Gasteiger partial charge in [-0.1, -0.05) is 35.1 Å². The van der Waals surface area contributed by atoms with Gasteiger partial charge in [-0.2, -0.15) is 0 Å². The van der Waals surface area contributed by atoms with Crippen molar-refractivity contribution in [3.8, 4) is 0 Å². The Bertz CT molecular complexity index is 943. The number of benzene rings is 1. The average Bonchev–Trinajstić information content (AvgIpc) is 2.97. The lowest BCUT2D eigenvalue weighted by atomic mass is 10.3. The van der Waals surface area contributed by atoms with Crippen molar-refractivity contribution in [1.29, 1.82) is 0 Å². The fraction of sp³-hybridized carbons (Fsp3) is 0. The van der Waals surface area contributed by atoms with E-state index in [2.05, 4.69) is 26.2 Å². The van der Waals surface area contributed by atoms with Gasteiger partial charge in [0.25, 0.3) is 0 Å². The molecule has 0 saturated carbocycles. The summed E-state index contributed by atoms with van der Waals surface area (Å²) < 4.78 is 3.15. The molecule has 0 saturated heterocycles. The normalized spacial score (nSPS) is 11.5. The highest BCUT2D eigenvalue weighted by atomic mass is 35.5. The van der Waals surface area contributed by atoms with E-state index in [0.717, 1.165) is 20.3 Å². The number of anilines is 1. The second-order valence-corrected chi connectivity index (χ2v) is 6.54. The van der Waals surface area contributed by atoms with E-state index >= 15 is 0 Å². The summed E-state index contributed by atoms with van der Waals surface area (Å²) >= 11 is 8.84. The zero-order valence-electron chi connectivity index (χ0n) is 10.4. The van der Waals surface area contributed by atoms with Crippen LogP contribution >= 0.6 is 34.7 Å². The first-order valence-corrected chi connectivity index (χ1v) is 7.92. The van der Waals surface area contributed by atoms with Crippen LogP contribution in [0.2, 0.25) is 5.15 Å². The number of aromatic nitrogens is 5. The maximum Gasteiger partial charge on any atom is 0.222 e. The molecule has 0 fully saturated rings. The molecule has 0 unspecified atom stereocenters. The predicted molar refractivity (Wildman–Crippen MR) is 83.9 cm³/mol. The number of nitrogens with two attached hydrogens (primary N) is 1. The van der Waals surface area contributed by atoms with E-state index in [9.17, 15) is 0 Å². The molecule has 9 heteroatoms. The number of hydrogen-bond acceptors (Lipinski definition) is 7. The molecule has 0 aliphatic carbocycles. The van der Waals surface area contributed by atoms with Crippen LogP contribution in [0.1, 0.15) is 0 Å². The number of hydrogen-bond donors (Lipinski definition) is 1. The maximum absolute atomic E-state index is 5.90. The number of fused-ring (bicyclic) bond motifs is 3. The van der Waals surface area contributed by atoms with Gasteiger partial charge in [-0.3, -0.25) is 4.40 Å². The van der Waals surface area contributed by atoms with E-state index in [1.165, 1.54) is 11.8 Å². The molecule has 3 aromatic heterocycles. The minimum absolute atomic E-state index is 0.140. The van der Waals surface area contributed by atoms with Crippen LogP contribution in [0.4, 0.5) is 5.95 Å². The molecule has 3 heterocycles. The Morgan fingerprint density at radius 3 is 2.90 bits per heavy atom. The summed E-state index contributed by atoms with van der Waals surface area (Å²) in [5.74, 6) is 0.140. The Morgan fingerprint density at radius 1 is 1.19 bits per heavy atom. The van der Waals surface area contributed by atoms with Crippen molar-refractivity contribution in [2.75, 3.05) is 5.73 Å². The standard InChI is InChI=1S/C12H7ClN6S2/c13-8-5-9(16-10(14)15-8)21-12-18-17-11-19(12)6-3-1-2-4-7(6)20-11/h1-5H,(H2,14,15,16). The monoisotopic (exact) mass is 334 g/mol. The van der Waals surface area contributed by atoms with Gasteiger partial charge in [0.1, 0.15) is 10.2 Å². The molecule has 0 spiro atoms. The smallest absolute Gasteiger partial charge is 0.222 e. The van der Waals surface area contributed by atoms with Crippen molar-refractivity contribution < 1.29 is 0 Å². The number of halogens is 1. The summed E-state index contributed by atoms with van der Waals surface area (Å²) in [5.41, 5.74) is 6.68. The minimum atomic E-state index is 0.140. The van der Waals surface area contributed by atoms with E-state index in [1.54, 1.807) is 17.4 Å². The highest BCUT2D eigenvalue weighted by molar-refractivity contribution is 7.99. The first-order valence-electron chi connectivity index (χ1n) is 5.91. The van der Waals surface area contributed by atoms with Gasteiger partial charge in [-0.25, -0.2) is 9.97 Å². The summed E-state index contributed by atoms with van der Waals surface area (Å²) in [7, 11) is 0. The van der Waals surface area contributed by atoms with Crippen LogP contribution in [0.5, 0.6) is 0 Å². The van der Waals surface area contributed by atoms with Crippen molar-refractivity contribution in [3.05, 3.63) is 35.5 Å². The summed E-state index contributed by atoms with van der Waals surface area (Å²) in [4.78, 5) is 8.83. The zero-order valence-corrected chi connectivity index (χ0v) is 12.8. The van der Waals surface area contributed by atoms with E-state index in [0.29, 0.717) is 10.2 Å². The van der Waals surface area contributed by atoms with Gasteiger partial charge < -0.3 is 5.73 Å². The first-order chi connectivity index (χ1) is 10.2. The van der Waals surface area contributed by atoms with E-state index < -0.39 is 0 Å². The van der Waals surface area contributed by atoms with Gasteiger partial charge in [0.05, 0.1) is 10.2 Å². The predicted octanol–water partition coefficient (Wildman–Crippen LogP) is 3.12. The maximum atomic E-state index is 5.90. The molecule has 0 aliphatic heterocycles. The molecule has 104 valence electrons. The minimum Gasteiger partial charge on any atom is -0.368 e. The van der Waals surface area contributed by atoms with Crippen LogP contribution in [-0.2, 0) is 0 Å². The number of nitrogen functional groups attached to an aromatic ring is 1. The Balaban J connectivity index is 1.86. The van der Waals surface area contributed by atoms with Crippen molar-refractivity contribution >= 4 is 55.8 Å². The van der Waals surface area contributed by atoms with Gasteiger partial charge in [0, 0.05) is 6.07 Å². The third kappa shape index (κ3) is 2.21. The molecule has 0 aliphatic rings. The van der Waals surface area contributed by atoms with Crippen molar-refractivity contribution in [2.24, 2.45) is 0 Å². The van der Waals surface area contributed by atoms with Crippen LogP contribution in [0.15, 0.2) is 40.5 Å². The number of para-hydroxylation sites is 1. The van der Waals surface area contributed by atoms with Gasteiger partial charge in [0.2, 0.25) is 16.1 Å². The summed E-state index contributed by atoms with van der Waals surface area (Å²) in [6.07, 6.45) is 0. The quantitative estimate of drug-likeness (QED) is 0.567. The Morgan fingerprint density at radius 2 is 2.05 bits per heavy atom.